The smallest absolute Gasteiger partial charge is 0.230 e. The number of piperidine rings is 2. The zero-order valence-electron chi connectivity index (χ0n) is 17.0. The number of fused-ring (bicyclic) bond motifs is 3. The first-order valence-electron chi connectivity index (χ1n) is 10.2. The lowest BCUT2D eigenvalue weighted by Crippen LogP contribution is -2.56. The van der Waals surface area contributed by atoms with Gasteiger partial charge in [0, 0.05) is 29.2 Å². The van der Waals surface area contributed by atoms with Crippen molar-refractivity contribution in [1.82, 2.24) is 9.88 Å². The summed E-state index contributed by atoms with van der Waals surface area (Å²) in [6.45, 7) is 4.01. The maximum atomic E-state index is 13.6. The minimum atomic E-state index is -0.329. The topological polar surface area (TPSA) is 69.1 Å². The Hall–Kier alpha value is -2.45. The molecule has 5 nitrogen and oxygen atoms in total. The van der Waals surface area contributed by atoms with Gasteiger partial charge in [-0.15, -0.1) is 0 Å². The molecule has 3 unspecified atom stereocenters. The average molecular weight is 412 g/mol. The highest BCUT2D eigenvalue weighted by atomic mass is 35.5. The fourth-order valence-corrected chi connectivity index (χ4v) is 5.43. The second-order valence-electron chi connectivity index (χ2n) is 8.18. The van der Waals surface area contributed by atoms with Gasteiger partial charge in [0.1, 0.15) is 5.75 Å². The third-order valence-corrected chi connectivity index (χ3v) is 6.95. The monoisotopic (exact) mass is 411 g/mol. The quantitative estimate of drug-likeness (QED) is 0.708. The van der Waals surface area contributed by atoms with Crippen molar-refractivity contribution >= 4 is 28.4 Å². The van der Waals surface area contributed by atoms with Gasteiger partial charge in [0.05, 0.1) is 30.0 Å². The van der Waals surface area contributed by atoms with Gasteiger partial charge in [-0.2, -0.15) is 5.26 Å². The van der Waals surface area contributed by atoms with E-state index < -0.39 is 0 Å². The van der Waals surface area contributed by atoms with Crippen molar-refractivity contribution in [2.45, 2.75) is 57.5 Å². The van der Waals surface area contributed by atoms with Crippen LogP contribution in [-0.2, 0) is 4.79 Å². The van der Waals surface area contributed by atoms with E-state index in [1.165, 1.54) is 5.57 Å². The van der Waals surface area contributed by atoms with Crippen LogP contribution in [0, 0.1) is 17.2 Å². The number of hydrogen-bond donors (Lipinski definition) is 1. The molecule has 2 fully saturated rings. The summed E-state index contributed by atoms with van der Waals surface area (Å²) in [5.41, 5.74) is 3.18. The lowest BCUT2D eigenvalue weighted by Gasteiger charge is -2.49. The molecule has 1 N–H and O–H groups in total. The summed E-state index contributed by atoms with van der Waals surface area (Å²) in [5.74, 6) is 0.425. The highest BCUT2D eigenvalue weighted by molar-refractivity contribution is 6.37. The van der Waals surface area contributed by atoms with Crippen molar-refractivity contribution in [2.24, 2.45) is 5.92 Å². The maximum Gasteiger partial charge on any atom is 0.230 e. The molecule has 152 valence electrons. The second-order valence-corrected chi connectivity index (χ2v) is 8.55. The van der Waals surface area contributed by atoms with Crippen LogP contribution in [0.25, 0.3) is 10.9 Å². The fourth-order valence-electron chi connectivity index (χ4n) is 5.07. The Morgan fingerprint density at radius 2 is 2.07 bits per heavy atom. The molecule has 1 amide bonds. The number of aromatic amines is 1. The molecule has 29 heavy (non-hydrogen) atoms. The predicted octanol–water partition coefficient (Wildman–Crippen LogP) is 5.17. The molecule has 0 saturated carbocycles. The summed E-state index contributed by atoms with van der Waals surface area (Å²) in [4.78, 5) is 19.0. The van der Waals surface area contributed by atoms with Crippen molar-refractivity contribution in [3.8, 4) is 11.8 Å². The molecule has 2 saturated heterocycles. The van der Waals surface area contributed by atoms with Crippen LogP contribution in [-0.4, -0.2) is 35.0 Å². The van der Waals surface area contributed by atoms with E-state index in [0.717, 1.165) is 42.1 Å². The molecule has 2 bridgehead atoms. The predicted molar refractivity (Wildman–Crippen MR) is 114 cm³/mol. The Morgan fingerprint density at radius 1 is 1.38 bits per heavy atom. The molecule has 1 aromatic carbocycles. The number of amides is 1. The molecule has 4 rings (SSSR count). The number of rotatable bonds is 3. The van der Waals surface area contributed by atoms with Crippen molar-refractivity contribution in [3.05, 3.63) is 40.6 Å². The molecule has 2 aromatic rings. The van der Waals surface area contributed by atoms with Gasteiger partial charge in [0.15, 0.2) is 0 Å². The van der Waals surface area contributed by atoms with Gasteiger partial charge in [-0.1, -0.05) is 23.3 Å². The van der Waals surface area contributed by atoms with Crippen LogP contribution >= 0.6 is 11.6 Å². The molecule has 3 atom stereocenters. The Balaban J connectivity index is 1.68. The first kappa shape index (κ1) is 19.8. The lowest BCUT2D eigenvalue weighted by molar-refractivity contribution is -0.141. The molecule has 2 aliphatic heterocycles. The molecular formula is C23H26ClN3O2. The summed E-state index contributed by atoms with van der Waals surface area (Å²) >= 11 is 6.58. The van der Waals surface area contributed by atoms with Gasteiger partial charge in [-0.25, -0.2) is 0 Å². The van der Waals surface area contributed by atoms with Crippen LogP contribution in [0.15, 0.2) is 30.0 Å². The number of allylic oxidation sites excluding steroid dienone is 1. The fraction of sp³-hybridized carbons (Fsp3) is 0.478. The minimum absolute atomic E-state index is 0.0366. The number of nitrogens with zero attached hydrogens (tertiary/aromatic N) is 2. The summed E-state index contributed by atoms with van der Waals surface area (Å²) in [7, 11) is 1.59. The number of nitrogens with one attached hydrogen (secondary N) is 1. The maximum absolute atomic E-state index is 13.6. The number of halogens is 1. The Kier molecular flexibility index (Phi) is 5.31. The Morgan fingerprint density at radius 3 is 2.66 bits per heavy atom. The second kappa shape index (κ2) is 7.76. The van der Waals surface area contributed by atoms with E-state index >= 15 is 0 Å². The molecule has 2 aliphatic rings. The lowest BCUT2D eigenvalue weighted by atomic mass is 9.76. The zero-order valence-corrected chi connectivity index (χ0v) is 17.8. The number of carbonyl (C=O) groups excluding carboxylic acids is 1. The van der Waals surface area contributed by atoms with Gasteiger partial charge in [0.2, 0.25) is 5.91 Å². The van der Waals surface area contributed by atoms with Gasteiger partial charge >= 0.3 is 0 Å². The van der Waals surface area contributed by atoms with Gasteiger partial charge in [-0.05, 0) is 57.2 Å². The van der Waals surface area contributed by atoms with Gasteiger partial charge in [0.25, 0.3) is 0 Å². The number of ether oxygens (including phenoxy) is 1. The van der Waals surface area contributed by atoms with E-state index in [1.807, 2.05) is 25.3 Å². The normalized spacial score (nSPS) is 24.9. The molecule has 3 heterocycles. The first-order valence-corrected chi connectivity index (χ1v) is 10.6. The first-order chi connectivity index (χ1) is 14.0. The summed E-state index contributed by atoms with van der Waals surface area (Å²) in [6, 6.07) is 6.38. The average Bonchev–Trinajstić information content (AvgIpc) is 3.16. The number of hydrogen-bond acceptors (Lipinski definition) is 3. The van der Waals surface area contributed by atoms with E-state index in [1.54, 1.807) is 7.11 Å². The van der Waals surface area contributed by atoms with Crippen LogP contribution in [0.2, 0.25) is 5.02 Å². The highest BCUT2D eigenvalue weighted by Gasteiger charge is 2.43. The number of carbonyl (C=O) groups is 1. The van der Waals surface area contributed by atoms with Gasteiger partial charge in [-0.3, -0.25) is 4.79 Å². The molecule has 0 radical (unpaired) electrons. The van der Waals surface area contributed by atoms with Crippen molar-refractivity contribution in [1.29, 1.82) is 5.26 Å². The van der Waals surface area contributed by atoms with Crippen molar-refractivity contribution in [2.75, 3.05) is 7.11 Å². The molecule has 1 aromatic heterocycles. The van der Waals surface area contributed by atoms with E-state index in [4.69, 9.17) is 16.3 Å². The van der Waals surface area contributed by atoms with Crippen LogP contribution in [0.3, 0.4) is 0 Å². The van der Waals surface area contributed by atoms with E-state index in [9.17, 15) is 10.1 Å². The largest absolute Gasteiger partial charge is 0.495 e. The van der Waals surface area contributed by atoms with Crippen molar-refractivity contribution in [3.63, 3.8) is 0 Å². The molecular weight excluding hydrogens is 386 g/mol. The molecule has 0 spiro atoms. The summed E-state index contributed by atoms with van der Waals surface area (Å²) in [6.07, 6.45) is 7.30. The Bertz CT molecular complexity index is 1000. The SMILES string of the molecule is CC=C1CC2CC(C#N)CC(C1)N2C(=O)C(C)c1c[nH]c2ccc(OC)c(Cl)c12. The number of methoxy groups -OCH3 is 1. The summed E-state index contributed by atoms with van der Waals surface area (Å²) in [5, 5.41) is 10.8. The molecule has 6 heteroatoms. The number of H-pyrrole nitrogens is 1. The van der Waals surface area contributed by atoms with E-state index in [-0.39, 0.29) is 29.8 Å². The minimum Gasteiger partial charge on any atom is -0.495 e. The van der Waals surface area contributed by atoms with Gasteiger partial charge < -0.3 is 14.6 Å². The number of nitriles is 1. The van der Waals surface area contributed by atoms with Crippen LogP contribution in [0.1, 0.15) is 51.0 Å². The van der Waals surface area contributed by atoms with E-state index in [0.29, 0.717) is 10.8 Å². The highest BCUT2D eigenvalue weighted by Crippen LogP contribution is 2.42. The molecule has 0 aliphatic carbocycles. The number of aromatic nitrogens is 1. The Labute approximate surface area is 176 Å². The van der Waals surface area contributed by atoms with E-state index in [2.05, 4.69) is 29.0 Å². The number of benzene rings is 1. The van der Waals surface area contributed by atoms with Crippen molar-refractivity contribution < 1.29 is 9.53 Å². The third-order valence-electron chi connectivity index (χ3n) is 6.58. The zero-order chi connectivity index (χ0) is 20.7. The third kappa shape index (κ3) is 3.30. The van der Waals surface area contributed by atoms with Crippen LogP contribution in [0.5, 0.6) is 5.75 Å². The summed E-state index contributed by atoms with van der Waals surface area (Å²) < 4.78 is 5.36. The van der Waals surface area contributed by atoms with Crippen LogP contribution < -0.4 is 4.74 Å². The van der Waals surface area contributed by atoms with Crippen LogP contribution in [0.4, 0.5) is 0 Å². The standard InChI is InChI=1S/C23H26ClN3O2/c1-4-14-7-16-9-15(11-25)10-17(8-14)27(16)23(28)13(2)18-12-26-19-5-6-20(29-3)22(24)21(18)19/h4-6,12-13,15-17,26H,7-10H2,1-3H3.